The molecule has 1 aromatic heterocycles. The number of likely N-dealkylation sites (tertiary alicyclic amines) is 1. The number of carbonyl (C=O) groups is 2. The van der Waals surface area contributed by atoms with E-state index in [1.54, 1.807) is 11.0 Å². The van der Waals surface area contributed by atoms with Gasteiger partial charge in [0.15, 0.2) is 0 Å². The van der Waals surface area contributed by atoms with Crippen molar-refractivity contribution >= 4 is 29.2 Å². The summed E-state index contributed by atoms with van der Waals surface area (Å²) in [7, 11) is 0. The van der Waals surface area contributed by atoms with E-state index in [2.05, 4.69) is 10.5 Å². The first-order chi connectivity index (χ1) is 13.0. The van der Waals surface area contributed by atoms with Crippen LogP contribution >= 0.6 is 11.6 Å². The molecule has 0 spiro atoms. The van der Waals surface area contributed by atoms with Gasteiger partial charge >= 0.3 is 6.03 Å². The summed E-state index contributed by atoms with van der Waals surface area (Å²) in [4.78, 5) is 28.4. The van der Waals surface area contributed by atoms with Crippen molar-refractivity contribution in [1.82, 2.24) is 15.4 Å². The number of urea groups is 1. The third-order valence-corrected chi connectivity index (χ3v) is 5.36. The smallest absolute Gasteiger partial charge is 0.318 e. The first-order valence-corrected chi connectivity index (χ1v) is 9.13. The van der Waals surface area contributed by atoms with Crippen molar-refractivity contribution in [3.05, 3.63) is 47.1 Å². The largest absolute Gasteiger partial charge is 0.365 e. The fourth-order valence-electron chi connectivity index (χ4n) is 3.58. The minimum atomic E-state index is -0.604. The topological polar surface area (TPSA) is 78.7 Å². The minimum Gasteiger partial charge on any atom is -0.365 e. The van der Waals surface area contributed by atoms with Crippen LogP contribution in [0.3, 0.4) is 0 Å². The van der Waals surface area contributed by atoms with E-state index in [0.29, 0.717) is 31.7 Å². The van der Waals surface area contributed by atoms with Gasteiger partial charge in [-0.3, -0.25) is 4.79 Å². The molecule has 27 heavy (non-hydrogen) atoms. The number of aromatic nitrogens is 1. The number of benzene rings is 1. The van der Waals surface area contributed by atoms with Gasteiger partial charge in [-0.05, 0) is 31.0 Å². The van der Waals surface area contributed by atoms with Crippen LogP contribution < -0.4 is 10.2 Å². The summed E-state index contributed by atoms with van der Waals surface area (Å²) in [5.41, 5.74) is 1.36. The van der Waals surface area contributed by atoms with Crippen molar-refractivity contribution in [1.29, 1.82) is 0 Å². The van der Waals surface area contributed by atoms with Gasteiger partial charge in [-0.25, -0.2) is 9.18 Å². The standard InChI is InChI=1S/C18H18ClFN4O3/c19-13-9-12(1-2-14(13)20)24-7-4-16(17(24)25)21-18(26)23-6-3-11(10-23)15-5-8-27-22-15/h1-2,5,8-9,11,16H,3-4,6-7,10H2,(H,21,26). The van der Waals surface area contributed by atoms with Crippen LogP contribution in [-0.2, 0) is 4.79 Å². The Morgan fingerprint density at radius 3 is 2.89 bits per heavy atom. The minimum absolute atomic E-state index is 0.0382. The van der Waals surface area contributed by atoms with E-state index < -0.39 is 11.9 Å². The summed E-state index contributed by atoms with van der Waals surface area (Å²) in [5.74, 6) is -0.613. The number of amides is 3. The lowest BCUT2D eigenvalue weighted by Crippen LogP contribution is -2.47. The normalized spacial score (nSPS) is 22.5. The number of nitrogens with one attached hydrogen (secondary N) is 1. The van der Waals surface area contributed by atoms with Gasteiger partial charge < -0.3 is 19.6 Å². The molecule has 4 rings (SSSR count). The van der Waals surface area contributed by atoms with Crippen LogP contribution in [0.4, 0.5) is 14.9 Å². The van der Waals surface area contributed by atoms with E-state index in [4.69, 9.17) is 16.1 Å². The van der Waals surface area contributed by atoms with Crippen LogP contribution in [-0.4, -0.2) is 47.7 Å². The van der Waals surface area contributed by atoms with Crippen molar-refractivity contribution in [3.63, 3.8) is 0 Å². The summed E-state index contributed by atoms with van der Waals surface area (Å²) in [6, 6.07) is 5.09. The second-order valence-electron chi connectivity index (χ2n) is 6.73. The zero-order valence-corrected chi connectivity index (χ0v) is 15.2. The number of hydrogen-bond donors (Lipinski definition) is 1. The average molecular weight is 393 g/mol. The lowest BCUT2D eigenvalue weighted by Gasteiger charge is -2.21. The van der Waals surface area contributed by atoms with Crippen molar-refractivity contribution in [3.8, 4) is 0 Å². The lowest BCUT2D eigenvalue weighted by molar-refractivity contribution is -0.118. The summed E-state index contributed by atoms with van der Waals surface area (Å²) < 4.78 is 18.2. The molecule has 0 bridgehead atoms. The SMILES string of the molecule is O=C(NC1CCN(c2ccc(F)c(Cl)c2)C1=O)N1CCC(c2ccon2)C1. The first-order valence-electron chi connectivity index (χ1n) is 8.75. The van der Waals surface area contributed by atoms with Crippen molar-refractivity contribution in [2.75, 3.05) is 24.5 Å². The van der Waals surface area contributed by atoms with Crippen molar-refractivity contribution in [2.24, 2.45) is 0 Å². The molecular formula is C18H18ClFN4O3. The average Bonchev–Trinajstić information content (AvgIpc) is 3.39. The van der Waals surface area contributed by atoms with Crippen LogP contribution in [0.2, 0.25) is 5.02 Å². The van der Waals surface area contributed by atoms with Crippen LogP contribution in [0, 0.1) is 5.82 Å². The number of carbonyl (C=O) groups excluding carboxylic acids is 2. The Morgan fingerprint density at radius 2 is 2.15 bits per heavy atom. The predicted molar refractivity (Wildman–Crippen MR) is 96.1 cm³/mol. The monoisotopic (exact) mass is 392 g/mol. The highest BCUT2D eigenvalue weighted by Gasteiger charge is 2.36. The molecule has 2 aliphatic heterocycles. The maximum atomic E-state index is 13.3. The third kappa shape index (κ3) is 3.49. The van der Waals surface area contributed by atoms with Gasteiger partial charge in [0.05, 0.1) is 10.7 Å². The summed E-state index contributed by atoms with van der Waals surface area (Å²) >= 11 is 5.80. The van der Waals surface area contributed by atoms with Crippen LogP contribution in [0.25, 0.3) is 0 Å². The van der Waals surface area contributed by atoms with Gasteiger partial charge in [0, 0.05) is 37.3 Å². The molecule has 9 heteroatoms. The fraction of sp³-hybridized carbons (Fsp3) is 0.389. The van der Waals surface area contributed by atoms with Gasteiger partial charge in [-0.2, -0.15) is 0 Å². The Hall–Kier alpha value is -2.61. The molecule has 0 saturated carbocycles. The highest BCUT2D eigenvalue weighted by atomic mass is 35.5. The zero-order valence-electron chi connectivity index (χ0n) is 14.4. The Balaban J connectivity index is 1.37. The molecule has 3 amide bonds. The molecule has 1 aromatic carbocycles. The molecule has 0 aliphatic carbocycles. The molecule has 1 N–H and O–H groups in total. The Bertz CT molecular complexity index is 860. The highest BCUT2D eigenvalue weighted by Crippen LogP contribution is 2.28. The molecule has 2 fully saturated rings. The van der Waals surface area contributed by atoms with E-state index in [1.807, 2.05) is 0 Å². The molecule has 0 radical (unpaired) electrons. The fourth-order valence-corrected chi connectivity index (χ4v) is 3.76. The first kappa shape index (κ1) is 17.8. The number of rotatable bonds is 3. The third-order valence-electron chi connectivity index (χ3n) is 5.07. The maximum absolute atomic E-state index is 13.3. The second-order valence-corrected chi connectivity index (χ2v) is 7.14. The second kappa shape index (κ2) is 7.19. The molecule has 2 unspecified atom stereocenters. The Kier molecular flexibility index (Phi) is 4.73. The van der Waals surface area contributed by atoms with Crippen molar-refractivity contribution in [2.45, 2.75) is 24.8 Å². The molecule has 2 saturated heterocycles. The highest BCUT2D eigenvalue weighted by molar-refractivity contribution is 6.31. The number of anilines is 1. The van der Waals surface area contributed by atoms with E-state index in [1.165, 1.54) is 29.4 Å². The van der Waals surface area contributed by atoms with Crippen LogP contribution in [0.1, 0.15) is 24.5 Å². The molecule has 142 valence electrons. The zero-order chi connectivity index (χ0) is 19.0. The Labute approximate surface area is 160 Å². The molecule has 7 nitrogen and oxygen atoms in total. The molecular weight excluding hydrogens is 375 g/mol. The van der Waals surface area contributed by atoms with E-state index in [0.717, 1.165) is 12.1 Å². The summed E-state index contributed by atoms with van der Waals surface area (Å²) in [6.45, 7) is 1.57. The Morgan fingerprint density at radius 1 is 1.30 bits per heavy atom. The van der Waals surface area contributed by atoms with E-state index in [9.17, 15) is 14.0 Å². The number of nitrogens with zero attached hydrogens (tertiary/aromatic N) is 3. The number of halogens is 2. The molecule has 2 aromatic rings. The van der Waals surface area contributed by atoms with Crippen LogP contribution in [0.5, 0.6) is 0 Å². The van der Waals surface area contributed by atoms with Gasteiger partial charge in [0.2, 0.25) is 5.91 Å². The summed E-state index contributed by atoms with van der Waals surface area (Å²) in [5, 5.41) is 6.70. The van der Waals surface area contributed by atoms with E-state index in [-0.39, 0.29) is 22.9 Å². The quantitative estimate of drug-likeness (QED) is 0.871. The molecule has 2 aliphatic rings. The van der Waals surface area contributed by atoms with E-state index >= 15 is 0 Å². The lowest BCUT2D eigenvalue weighted by atomic mass is 10.1. The van der Waals surface area contributed by atoms with Gasteiger partial charge in [-0.1, -0.05) is 16.8 Å². The molecule has 3 heterocycles. The van der Waals surface area contributed by atoms with Gasteiger partial charge in [0.1, 0.15) is 18.1 Å². The molecule has 2 atom stereocenters. The van der Waals surface area contributed by atoms with Crippen molar-refractivity contribution < 1.29 is 18.5 Å². The van der Waals surface area contributed by atoms with Crippen LogP contribution in [0.15, 0.2) is 35.1 Å². The summed E-state index contributed by atoms with van der Waals surface area (Å²) in [6.07, 6.45) is 2.81. The maximum Gasteiger partial charge on any atom is 0.318 e. The number of hydrogen-bond acceptors (Lipinski definition) is 4. The predicted octanol–water partition coefficient (Wildman–Crippen LogP) is 2.77. The van der Waals surface area contributed by atoms with Gasteiger partial charge in [-0.15, -0.1) is 0 Å². The van der Waals surface area contributed by atoms with Gasteiger partial charge in [0.25, 0.3) is 0 Å².